The van der Waals surface area contributed by atoms with Crippen LogP contribution in [0.25, 0.3) is 0 Å². The van der Waals surface area contributed by atoms with Gasteiger partial charge in [0.1, 0.15) is 11.1 Å². The zero-order chi connectivity index (χ0) is 14.2. The molecule has 0 saturated carbocycles. The number of hydrogen-bond donors (Lipinski definition) is 1. The summed E-state index contributed by atoms with van der Waals surface area (Å²) in [4.78, 5) is 12.7. The number of halogens is 3. The Balaban J connectivity index is 2.73. The smallest absolute Gasteiger partial charge is 0.410 e. The first-order chi connectivity index (χ1) is 7.95. The summed E-state index contributed by atoms with van der Waals surface area (Å²) in [6, 6.07) is 0. The minimum atomic E-state index is -4.52. The summed E-state index contributed by atoms with van der Waals surface area (Å²) in [5.74, 6) is 0. The highest BCUT2D eigenvalue weighted by Gasteiger charge is 2.54. The highest BCUT2D eigenvalue weighted by Crippen LogP contribution is 2.35. The van der Waals surface area contributed by atoms with Gasteiger partial charge in [-0.1, -0.05) is 0 Å². The largest absolute Gasteiger partial charge is 0.444 e. The van der Waals surface area contributed by atoms with E-state index < -0.39 is 30.0 Å². The SMILES string of the molecule is CC(C)(C)OC(=O)N1CCC[C@@](N)(C(F)(F)F)C1. The van der Waals surface area contributed by atoms with Crippen LogP contribution in [-0.2, 0) is 4.74 Å². The number of rotatable bonds is 0. The van der Waals surface area contributed by atoms with E-state index in [9.17, 15) is 18.0 Å². The molecule has 1 heterocycles. The average Bonchev–Trinajstić information content (AvgIpc) is 2.13. The molecule has 0 unspecified atom stereocenters. The molecule has 106 valence electrons. The molecule has 0 aliphatic carbocycles. The third-order valence-corrected chi connectivity index (χ3v) is 2.74. The molecule has 1 atom stereocenters. The molecular formula is C11H19F3N2O2. The Morgan fingerprint density at radius 3 is 2.33 bits per heavy atom. The maximum absolute atomic E-state index is 12.8. The minimum Gasteiger partial charge on any atom is -0.444 e. The summed E-state index contributed by atoms with van der Waals surface area (Å²) in [6.45, 7) is 4.67. The predicted molar refractivity (Wildman–Crippen MR) is 60.0 cm³/mol. The summed E-state index contributed by atoms with van der Waals surface area (Å²) < 4.78 is 43.4. The molecule has 1 rings (SSSR count). The lowest BCUT2D eigenvalue weighted by Gasteiger charge is -2.41. The van der Waals surface area contributed by atoms with Crippen molar-refractivity contribution in [2.75, 3.05) is 13.1 Å². The number of amides is 1. The van der Waals surface area contributed by atoms with Crippen LogP contribution in [0.3, 0.4) is 0 Å². The Bertz CT molecular complexity index is 325. The van der Waals surface area contributed by atoms with Crippen molar-refractivity contribution >= 4 is 6.09 Å². The molecule has 0 bridgehead atoms. The third kappa shape index (κ3) is 3.51. The van der Waals surface area contributed by atoms with Gasteiger partial charge in [-0.3, -0.25) is 0 Å². The first-order valence-electron chi connectivity index (χ1n) is 5.78. The Hall–Kier alpha value is -0.980. The van der Waals surface area contributed by atoms with E-state index in [-0.39, 0.29) is 19.4 Å². The number of piperidine rings is 1. The number of carbonyl (C=O) groups is 1. The fourth-order valence-electron chi connectivity index (χ4n) is 1.80. The maximum atomic E-state index is 12.8. The summed E-state index contributed by atoms with van der Waals surface area (Å²) in [6.07, 6.45) is -5.22. The zero-order valence-electron chi connectivity index (χ0n) is 10.8. The summed E-state index contributed by atoms with van der Waals surface area (Å²) in [5.41, 5.74) is 2.29. The van der Waals surface area contributed by atoms with Gasteiger partial charge in [0.2, 0.25) is 0 Å². The van der Waals surface area contributed by atoms with Gasteiger partial charge < -0.3 is 15.4 Å². The van der Waals surface area contributed by atoms with Crippen LogP contribution in [0.1, 0.15) is 33.6 Å². The molecule has 1 aliphatic rings. The number of likely N-dealkylation sites (tertiary alicyclic amines) is 1. The lowest BCUT2D eigenvalue weighted by Crippen LogP contribution is -2.64. The summed E-state index contributed by atoms with van der Waals surface area (Å²) >= 11 is 0. The number of alkyl halides is 3. The van der Waals surface area contributed by atoms with E-state index in [0.29, 0.717) is 0 Å². The third-order valence-electron chi connectivity index (χ3n) is 2.74. The molecule has 0 aromatic heterocycles. The lowest BCUT2D eigenvalue weighted by atomic mass is 9.89. The normalized spacial score (nSPS) is 26.1. The molecule has 0 radical (unpaired) electrons. The van der Waals surface area contributed by atoms with E-state index in [1.807, 2.05) is 0 Å². The number of nitrogens with zero attached hydrogens (tertiary/aromatic N) is 1. The monoisotopic (exact) mass is 268 g/mol. The molecule has 2 N–H and O–H groups in total. The van der Waals surface area contributed by atoms with Crippen LogP contribution in [0.2, 0.25) is 0 Å². The van der Waals surface area contributed by atoms with Gasteiger partial charge in [0.15, 0.2) is 0 Å². The number of hydrogen-bond acceptors (Lipinski definition) is 3. The second-order valence-corrected chi connectivity index (χ2v) is 5.66. The van der Waals surface area contributed by atoms with Crippen LogP contribution in [0.15, 0.2) is 0 Å². The van der Waals surface area contributed by atoms with E-state index in [2.05, 4.69) is 0 Å². The maximum Gasteiger partial charge on any atom is 0.410 e. The first kappa shape index (κ1) is 15.1. The fraction of sp³-hybridized carbons (Fsp3) is 0.909. The Morgan fingerprint density at radius 2 is 1.89 bits per heavy atom. The second kappa shape index (κ2) is 4.60. The Kier molecular flexibility index (Phi) is 3.86. The van der Waals surface area contributed by atoms with Crippen LogP contribution < -0.4 is 5.73 Å². The highest BCUT2D eigenvalue weighted by atomic mass is 19.4. The van der Waals surface area contributed by atoms with Gasteiger partial charge in [0, 0.05) is 6.54 Å². The lowest BCUT2D eigenvalue weighted by molar-refractivity contribution is -0.197. The van der Waals surface area contributed by atoms with E-state index in [0.717, 1.165) is 4.90 Å². The van der Waals surface area contributed by atoms with Crippen molar-refractivity contribution in [2.24, 2.45) is 5.73 Å². The summed E-state index contributed by atoms with van der Waals surface area (Å²) in [5, 5.41) is 0. The van der Waals surface area contributed by atoms with E-state index >= 15 is 0 Å². The standard InChI is InChI=1S/C11H19F3N2O2/c1-9(2,3)18-8(17)16-6-4-5-10(15,7-16)11(12,13)14/h4-7,15H2,1-3H3/t10-/m0/s1. The van der Waals surface area contributed by atoms with Crippen molar-refractivity contribution in [2.45, 2.75) is 50.9 Å². The van der Waals surface area contributed by atoms with Gasteiger partial charge in [-0.15, -0.1) is 0 Å². The number of carbonyl (C=O) groups excluding carboxylic acids is 1. The van der Waals surface area contributed by atoms with Crippen molar-refractivity contribution in [1.82, 2.24) is 4.90 Å². The van der Waals surface area contributed by atoms with E-state index in [1.54, 1.807) is 20.8 Å². The molecule has 18 heavy (non-hydrogen) atoms. The van der Waals surface area contributed by atoms with Gasteiger partial charge in [0.25, 0.3) is 0 Å². The quantitative estimate of drug-likeness (QED) is 0.733. The van der Waals surface area contributed by atoms with Gasteiger partial charge in [-0.05, 0) is 33.6 Å². The molecule has 4 nitrogen and oxygen atoms in total. The van der Waals surface area contributed by atoms with Crippen LogP contribution in [0.4, 0.5) is 18.0 Å². The topological polar surface area (TPSA) is 55.6 Å². The molecule has 0 spiro atoms. The van der Waals surface area contributed by atoms with Gasteiger partial charge >= 0.3 is 12.3 Å². The van der Waals surface area contributed by atoms with E-state index in [4.69, 9.17) is 10.5 Å². The molecule has 1 fully saturated rings. The number of nitrogens with two attached hydrogens (primary N) is 1. The first-order valence-corrected chi connectivity index (χ1v) is 5.78. The molecule has 1 aliphatic heterocycles. The van der Waals surface area contributed by atoms with Crippen molar-refractivity contribution < 1.29 is 22.7 Å². The van der Waals surface area contributed by atoms with Crippen molar-refractivity contribution in [3.63, 3.8) is 0 Å². The van der Waals surface area contributed by atoms with Crippen molar-refractivity contribution in [3.8, 4) is 0 Å². The predicted octanol–water partition coefficient (Wildman–Crippen LogP) is 2.28. The van der Waals surface area contributed by atoms with Crippen LogP contribution in [0, 0.1) is 0 Å². The van der Waals surface area contributed by atoms with Gasteiger partial charge in [0.05, 0.1) is 6.54 Å². The minimum absolute atomic E-state index is 0.171. The Labute approximate surface area is 104 Å². The van der Waals surface area contributed by atoms with Crippen molar-refractivity contribution in [3.05, 3.63) is 0 Å². The van der Waals surface area contributed by atoms with Crippen LogP contribution in [0.5, 0.6) is 0 Å². The molecule has 7 heteroatoms. The van der Waals surface area contributed by atoms with Crippen LogP contribution in [-0.4, -0.2) is 41.4 Å². The molecule has 1 saturated heterocycles. The Morgan fingerprint density at radius 1 is 1.33 bits per heavy atom. The zero-order valence-corrected chi connectivity index (χ0v) is 10.8. The molecular weight excluding hydrogens is 249 g/mol. The highest BCUT2D eigenvalue weighted by molar-refractivity contribution is 5.68. The summed E-state index contributed by atoms with van der Waals surface area (Å²) in [7, 11) is 0. The number of ether oxygens (including phenoxy) is 1. The average molecular weight is 268 g/mol. The van der Waals surface area contributed by atoms with Gasteiger partial charge in [-0.2, -0.15) is 13.2 Å². The fourth-order valence-corrected chi connectivity index (χ4v) is 1.80. The molecule has 1 amide bonds. The van der Waals surface area contributed by atoms with E-state index in [1.165, 1.54) is 0 Å². The second-order valence-electron chi connectivity index (χ2n) is 5.66. The van der Waals surface area contributed by atoms with Gasteiger partial charge in [-0.25, -0.2) is 4.79 Å². The van der Waals surface area contributed by atoms with Crippen LogP contribution >= 0.6 is 0 Å². The van der Waals surface area contributed by atoms with Crippen molar-refractivity contribution in [1.29, 1.82) is 0 Å². The molecule has 0 aromatic rings. The molecule has 0 aromatic carbocycles.